The molecule has 210 valence electrons. The molecule has 0 saturated heterocycles. The Morgan fingerprint density at radius 1 is 1.02 bits per heavy atom. The third-order valence-corrected chi connectivity index (χ3v) is 12.4. The SMILES string of the molecule is CC(C)(C)[Si](C)(C)Oc1cccc(C2C=[NH+]C(Cc3c(F)cccc3F)C3=NC(Cc4ccco4)C(=O)N32)c1F. The summed E-state index contributed by atoms with van der Waals surface area (Å²) >= 11 is 0. The van der Waals surface area contributed by atoms with E-state index in [0.29, 0.717) is 11.6 Å². The van der Waals surface area contributed by atoms with Crippen LogP contribution in [0.2, 0.25) is 18.1 Å². The maximum absolute atomic E-state index is 16.1. The summed E-state index contributed by atoms with van der Waals surface area (Å²) in [6.07, 6.45) is 3.22. The van der Waals surface area contributed by atoms with Gasteiger partial charge in [0, 0.05) is 24.0 Å². The van der Waals surface area contributed by atoms with Gasteiger partial charge in [0.05, 0.1) is 6.26 Å². The van der Waals surface area contributed by atoms with Gasteiger partial charge in [0.15, 0.2) is 17.9 Å². The Bertz CT molecular complexity index is 1460. The Labute approximate surface area is 232 Å². The first-order chi connectivity index (χ1) is 18.9. The normalized spacial score (nSPS) is 21.0. The van der Waals surface area contributed by atoms with Gasteiger partial charge in [0.25, 0.3) is 14.2 Å². The smallest absolute Gasteiger partial charge is 0.254 e. The molecule has 0 spiro atoms. The number of nitrogens with zero attached hydrogens (tertiary/aromatic N) is 2. The van der Waals surface area contributed by atoms with Crippen molar-refractivity contribution in [2.45, 2.75) is 69.9 Å². The predicted molar refractivity (Wildman–Crippen MR) is 148 cm³/mol. The summed E-state index contributed by atoms with van der Waals surface area (Å²) in [4.78, 5) is 23.0. The average molecular weight is 569 g/mol. The van der Waals surface area contributed by atoms with Gasteiger partial charge < -0.3 is 8.84 Å². The zero-order chi connectivity index (χ0) is 28.8. The maximum atomic E-state index is 16.1. The second kappa shape index (κ2) is 10.4. The van der Waals surface area contributed by atoms with Gasteiger partial charge in [0.1, 0.15) is 35.2 Å². The Balaban J connectivity index is 1.54. The number of amides is 1. The molecule has 0 aliphatic carbocycles. The minimum Gasteiger partial charge on any atom is -0.542 e. The summed E-state index contributed by atoms with van der Waals surface area (Å²) < 4.78 is 56.9. The number of furan rings is 1. The standard InChI is InChI=1S/C30H32F3N3O3Si/c1-30(2,3)40(4,5)39-26-13-6-10-19(27(26)33)25-17-34-23(16-20-21(31)11-7-12-22(20)32)28-35-24(29(37)36(25)28)15-18-9-8-14-38-18/h6-14,17,23-25H,15-16H2,1-5H3/p+1. The molecular weight excluding hydrogens is 535 g/mol. The minimum atomic E-state index is -2.35. The summed E-state index contributed by atoms with van der Waals surface area (Å²) in [5, 5.41) is -0.146. The molecule has 3 heterocycles. The number of halogens is 3. The number of rotatable bonds is 7. The van der Waals surface area contributed by atoms with E-state index in [0.717, 1.165) is 0 Å². The van der Waals surface area contributed by atoms with E-state index in [9.17, 15) is 13.6 Å². The minimum absolute atomic E-state index is 0.0885. The van der Waals surface area contributed by atoms with Crippen LogP contribution in [0, 0.1) is 17.5 Å². The lowest BCUT2D eigenvalue weighted by Crippen LogP contribution is -2.85. The molecule has 0 bridgehead atoms. The second-order valence-corrected chi connectivity index (χ2v) is 16.5. The van der Waals surface area contributed by atoms with E-state index in [1.807, 2.05) is 13.1 Å². The largest absolute Gasteiger partial charge is 0.542 e. The van der Waals surface area contributed by atoms with Crippen LogP contribution in [-0.2, 0) is 17.6 Å². The number of nitrogens with one attached hydrogen (secondary N) is 1. The fourth-order valence-corrected chi connectivity index (χ4v) is 5.78. The van der Waals surface area contributed by atoms with Gasteiger partial charge in [-0.3, -0.25) is 14.7 Å². The van der Waals surface area contributed by atoms with E-state index >= 15 is 4.39 Å². The molecule has 10 heteroatoms. The van der Waals surface area contributed by atoms with Gasteiger partial charge in [-0.2, -0.15) is 0 Å². The van der Waals surface area contributed by atoms with Crippen LogP contribution >= 0.6 is 0 Å². The highest BCUT2D eigenvalue weighted by atomic mass is 28.4. The first-order valence-corrected chi connectivity index (χ1v) is 16.2. The van der Waals surface area contributed by atoms with Gasteiger partial charge in [-0.05, 0) is 48.5 Å². The first-order valence-electron chi connectivity index (χ1n) is 13.3. The quantitative estimate of drug-likeness (QED) is 0.419. The lowest BCUT2D eigenvalue weighted by atomic mass is 9.98. The van der Waals surface area contributed by atoms with Crippen LogP contribution in [0.1, 0.15) is 43.7 Å². The summed E-state index contributed by atoms with van der Waals surface area (Å²) in [6, 6.07) is 9.69. The Hall–Kier alpha value is -3.66. The van der Waals surface area contributed by atoms with Gasteiger partial charge in [0.2, 0.25) is 6.04 Å². The van der Waals surface area contributed by atoms with Crippen molar-refractivity contribution in [1.29, 1.82) is 0 Å². The number of carbonyl (C=O) groups excluding carboxylic acids is 1. The number of carbonyl (C=O) groups is 1. The molecule has 1 amide bonds. The molecule has 2 aliphatic heterocycles. The topological polar surface area (TPSA) is 69.0 Å². The van der Waals surface area contributed by atoms with Gasteiger partial charge in [-0.25, -0.2) is 18.2 Å². The lowest BCUT2D eigenvalue weighted by molar-refractivity contribution is -0.483. The zero-order valence-electron chi connectivity index (χ0n) is 23.2. The van der Waals surface area contributed by atoms with Crippen molar-refractivity contribution >= 4 is 26.3 Å². The fourth-order valence-electron chi connectivity index (χ4n) is 4.77. The summed E-state index contributed by atoms with van der Waals surface area (Å²) in [6.45, 7) is 10.3. The van der Waals surface area contributed by atoms with Crippen molar-refractivity contribution in [1.82, 2.24) is 4.90 Å². The monoisotopic (exact) mass is 568 g/mol. The third-order valence-electron chi connectivity index (χ3n) is 8.03. The zero-order valence-corrected chi connectivity index (χ0v) is 24.2. The molecule has 0 saturated carbocycles. The third kappa shape index (κ3) is 5.12. The molecule has 6 nitrogen and oxygen atoms in total. The molecule has 3 unspecified atom stereocenters. The lowest BCUT2D eigenvalue weighted by Gasteiger charge is -2.37. The molecule has 3 atom stereocenters. The molecule has 0 fully saturated rings. The van der Waals surface area contributed by atoms with Crippen molar-refractivity contribution < 1.29 is 31.8 Å². The van der Waals surface area contributed by atoms with Gasteiger partial charge in [-0.1, -0.05) is 39.0 Å². The number of aliphatic imine (C=N–C) groups is 1. The van der Waals surface area contributed by atoms with Crippen LogP contribution in [0.3, 0.4) is 0 Å². The highest BCUT2D eigenvalue weighted by Gasteiger charge is 2.48. The highest BCUT2D eigenvalue weighted by molar-refractivity contribution is 6.74. The van der Waals surface area contributed by atoms with Crippen LogP contribution in [0.15, 0.2) is 64.2 Å². The van der Waals surface area contributed by atoms with E-state index in [1.54, 1.807) is 36.5 Å². The van der Waals surface area contributed by atoms with E-state index in [1.165, 1.54) is 29.4 Å². The van der Waals surface area contributed by atoms with Crippen LogP contribution in [0.25, 0.3) is 0 Å². The van der Waals surface area contributed by atoms with E-state index in [-0.39, 0.29) is 40.7 Å². The Morgan fingerprint density at radius 3 is 2.38 bits per heavy atom. The van der Waals surface area contributed by atoms with Crippen molar-refractivity contribution in [3.63, 3.8) is 0 Å². The molecule has 2 aromatic carbocycles. The molecule has 1 aromatic heterocycles. The van der Waals surface area contributed by atoms with Crippen LogP contribution in [0.4, 0.5) is 13.2 Å². The van der Waals surface area contributed by atoms with E-state index in [4.69, 9.17) is 8.84 Å². The van der Waals surface area contributed by atoms with Crippen molar-refractivity contribution in [3.05, 3.63) is 89.1 Å². The molecule has 1 N–H and O–H groups in total. The molecule has 40 heavy (non-hydrogen) atoms. The first kappa shape index (κ1) is 27.9. The number of hydrogen-bond acceptors (Lipinski definition) is 4. The van der Waals surface area contributed by atoms with Gasteiger partial charge in [-0.15, -0.1) is 0 Å². The van der Waals surface area contributed by atoms with Crippen molar-refractivity contribution in [2.24, 2.45) is 4.99 Å². The predicted octanol–water partition coefficient (Wildman–Crippen LogP) is 4.75. The number of benzene rings is 2. The second-order valence-electron chi connectivity index (χ2n) is 11.8. The van der Waals surface area contributed by atoms with Gasteiger partial charge >= 0.3 is 0 Å². The molecule has 3 aromatic rings. The van der Waals surface area contributed by atoms with Crippen LogP contribution in [0.5, 0.6) is 5.75 Å². The maximum Gasteiger partial charge on any atom is 0.254 e. The fraction of sp³-hybridized carbons (Fsp3) is 0.367. The molecule has 0 radical (unpaired) electrons. The number of hydrogen-bond donors (Lipinski definition) is 1. The summed E-state index contributed by atoms with van der Waals surface area (Å²) in [5.41, 5.74) is 0.117. The average Bonchev–Trinajstić information content (AvgIpc) is 3.51. The van der Waals surface area contributed by atoms with Crippen molar-refractivity contribution in [3.8, 4) is 5.75 Å². The molecule has 5 rings (SSSR count). The Morgan fingerprint density at radius 2 is 1.73 bits per heavy atom. The highest BCUT2D eigenvalue weighted by Crippen LogP contribution is 2.39. The van der Waals surface area contributed by atoms with Crippen LogP contribution in [-0.4, -0.2) is 43.3 Å². The number of amidine groups is 1. The molecule has 2 aliphatic rings. The van der Waals surface area contributed by atoms with Crippen molar-refractivity contribution in [2.75, 3.05) is 0 Å². The van der Waals surface area contributed by atoms with E-state index in [2.05, 4.69) is 30.8 Å². The summed E-state index contributed by atoms with van der Waals surface area (Å²) in [5.74, 6) is -1.28. The molecular formula is C30H33F3N3O3Si+. The van der Waals surface area contributed by atoms with E-state index < -0.39 is 43.9 Å². The van der Waals surface area contributed by atoms with Crippen LogP contribution < -0.4 is 9.42 Å². The Kier molecular flexibility index (Phi) is 7.24. The summed E-state index contributed by atoms with van der Waals surface area (Å²) in [7, 11) is -2.35. The number of fused-ring (bicyclic) bond motifs is 1.